The number of hydrogen-bond donors (Lipinski definition) is 3. The van der Waals surface area contributed by atoms with Crippen LogP contribution in [0.15, 0.2) is 21.7 Å². The molecule has 1 aliphatic rings. The summed E-state index contributed by atoms with van der Waals surface area (Å²) in [6.07, 6.45) is 0. The van der Waals surface area contributed by atoms with Crippen molar-refractivity contribution in [3.8, 4) is 0 Å². The van der Waals surface area contributed by atoms with Crippen molar-refractivity contribution < 1.29 is 9.18 Å². The third kappa shape index (κ3) is 1.52. The summed E-state index contributed by atoms with van der Waals surface area (Å²) >= 11 is 0. The molecule has 7 heteroatoms. The summed E-state index contributed by atoms with van der Waals surface area (Å²) in [4.78, 5) is 34.5. The number of fused-ring (bicyclic) bond motifs is 1. The number of amides is 1. The van der Waals surface area contributed by atoms with Crippen molar-refractivity contribution in [2.24, 2.45) is 0 Å². The Hall–Kier alpha value is -2.70. The number of anilines is 3. The highest BCUT2D eigenvalue weighted by molar-refractivity contribution is 6.04. The molecule has 102 valence electrons. The van der Waals surface area contributed by atoms with E-state index in [9.17, 15) is 18.8 Å². The molecule has 3 rings (SSSR count). The van der Waals surface area contributed by atoms with Crippen molar-refractivity contribution in [3.05, 3.63) is 49.5 Å². The van der Waals surface area contributed by atoms with Crippen molar-refractivity contribution in [3.63, 3.8) is 0 Å². The van der Waals surface area contributed by atoms with Gasteiger partial charge in [-0.3, -0.25) is 14.4 Å². The number of nitrogens with one attached hydrogen (secondary N) is 3. The van der Waals surface area contributed by atoms with Crippen molar-refractivity contribution in [1.29, 1.82) is 0 Å². The van der Waals surface area contributed by atoms with Crippen LogP contribution in [0.3, 0.4) is 0 Å². The molecule has 0 spiro atoms. The van der Waals surface area contributed by atoms with E-state index in [4.69, 9.17) is 0 Å². The Bertz CT molecular complexity index is 806. The molecule has 0 bridgehead atoms. The van der Waals surface area contributed by atoms with E-state index >= 15 is 0 Å². The number of carbonyl (C=O) groups is 1. The Morgan fingerprint density at radius 3 is 2.50 bits per heavy atom. The van der Waals surface area contributed by atoms with Gasteiger partial charge in [0.15, 0.2) is 0 Å². The number of carbonyl (C=O) groups excluding carboxylic acids is 1. The first-order valence-corrected chi connectivity index (χ1v) is 5.92. The topological polar surface area (TPSA) is 87.3 Å². The number of benzene rings is 1. The average Bonchev–Trinajstić information content (AvgIpc) is 2.82. The van der Waals surface area contributed by atoms with Crippen LogP contribution < -0.4 is 26.8 Å². The fourth-order valence-corrected chi connectivity index (χ4v) is 2.29. The van der Waals surface area contributed by atoms with Crippen molar-refractivity contribution in [2.45, 2.75) is 6.54 Å². The lowest BCUT2D eigenvalue weighted by Crippen LogP contribution is -2.36. The van der Waals surface area contributed by atoms with Gasteiger partial charge < -0.3 is 16.0 Å². The lowest BCUT2D eigenvalue weighted by Gasteiger charge is -2.15. The minimum atomic E-state index is -0.732. The molecule has 0 saturated carbocycles. The van der Waals surface area contributed by atoms with E-state index in [0.717, 1.165) is 0 Å². The molecular weight excluding hydrogens is 265 g/mol. The molecule has 0 aliphatic carbocycles. The van der Waals surface area contributed by atoms with Crippen LogP contribution in [0.1, 0.15) is 15.9 Å². The average molecular weight is 275 g/mol. The van der Waals surface area contributed by atoms with Crippen LogP contribution in [0.5, 0.6) is 0 Å². The maximum atomic E-state index is 13.9. The fourth-order valence-electron chi connectivity index (χ4n) is 2.29. The second kappa shape index (κ2) is 4.16. The zero-order valence-corrected chi connectivity index (χ0v) is 10.5. The second-order valence-corrected chi connectivity index (χ2v) is 4.42. The lowest BCUT2D eigenvalue weighted by molar-refractivity contribution is 0.0966. The van der Waals surface area contributed by atoms with Crippen molar-refractivity contribution >= 4 is 23.0 Å². The number of rotatable bonds is 3. The van der Waals surface area contributed by atoms with Gasteiger partial charge in [0.05, 0.1) is 11.3 Å². The standard InChI is InChI=1S/C13H10FN3O3/c1-15-9-10(12(19)11(9)18)17-8-6(14)3-2-5-4-16-13(20)7(5)8/h2-3,15,17H,4H2,1H3,(H,16,20). The molecule has 0 fully saturated rings. The largest absolute Gasteiger partial charge is 0.383 e. The van der Waals surface area contributed by atoms with Gasteiger partial charge >= 0.3 is 0 Å². The predicted octanol–water partition coefficient (Wildman–Crippen LogP) is 0.450. The molecule has 20 heavy (non-hydrogen) atoms. The van der Waals surface area contributed by atoms with E-state index in [1.807, 2.05) is 0 Å². The normalized spacial score (nSPS) is 13.2. The Kier molecular flexibility index (Phi) is 2.56. The molecule has 0 aromatic heterocycles. The first-order chi connectivity index (χ1) is 9.54. The van der Waals surface area contributed by atoms with Gasteiger partial charge in [0.25, 0.3) is 16.8 Å². The molecular formula is C13H10FN3O3. The van der Waals surface area contributed by atoms with Gasteiger partial charge in [-0.25, -0.2) is 4.39 Å². The third-order valence-corrected chi connectivity index (χ3v) is 3.32. The van der Waals surface area contributed by atoms with E-state index in [2.05, 4.69) is 16.0 Å². The summed E-state index contributed by atoms with van der Waals surface area (Å²) in [6, 6.07) is 2.72. The van der Waals surface area contributed by atoms with Gasteiger partial charge in [-0.05, 0) is 11.6 Å². The Morgan fingerprint density at radius 2 is 1.80 bits per heavy atom. The smallest absolute Gasteiger partial charge is 0.254 e. The number of halogens is 1. The van der Waals surface area contributed by atoms with Crippen molar-refractivity contribution in [2.75, 3.05) is 17.7 Å². The van der Waals surface area contributed by atoms with Crippen LogP contribution in [-0.2, 0) is 6.54 Å². The SMILES string of the molecule is CNc1c(Nc2c(F)ccc3c2C(=O)NC3)c(=O)c1=O. The van der Waals surface area contributed by atoms with Crippen LogP contribution in [-0.4, -0.2) is 13.0 Å². The van der Waals surface area contributed by atoms with Gasteiger partial charge in [0.2, 0.25) is 0 Å². The van der Waals surface area contributed by atoms with Crippen LogP contribution >= 0.6 is 0 Å². The highest BCUT2D eigenvalue weighted by atomic mass is 19.1. The highest BCUT2D eigenvalue weighted by Crippen LogP contribution is 2.30. The van der Waals surface area contributed by atoms with E-state index in [0.29, 0.717) is 12.1 Å². The van der Waals surface area contributed by atoms with Crippen molar-refractivity contribution in [1.82, 2.24) is 5.32 Å². The second-order valence-electron chi connectivity index (χ2n) is 4.42. The quantitative estimate of drug-likeness (QED) is 0.708. The first-order valence-electron chi connectivity index (χ1n) is 5.92. The van der Waals surface area contributed by atoms with Crippen LogP contribution in [0.2, 0.25) is 0 Å². The number of hydrogen-bond acceptors (Lipinski definition) is 5. The molecule has 0 radical (unpaired) electrons. The summed E-state index contributed by atoms with van der Waals surface area (Å²) in [7, 11) is 1.49. The van der Waals surface area contributed by atoms with Crippen LogP contribution in [0.25, 0.3) is 0 Å². The summed E-state index contributed by atoms with van der Waals surface area (Å²) < 4.78 is 13.9. The van der Waals surface area contributed by atoms with Crippen LogP contribution in [0, 0.1) is 5.82 Å². The molecule has 0 saturated heterocycles. The van der Waals surface area contributed by atoms with Gasteiger partial charge in [-0.15, -0.1) is 0 Å². The van der Waals surface area contributed by atoms with E-state index < -0.39 is 22.6 Å². The predicted molar refractivity (Wildman–Crippen MR) is 71.8 cm³/mol. The van der Waals surface area contributed by atoms with E-state index in [1.165, 1.54) is 19.2 Å². The van der Waals surface area contributed by atoms with Crippen LogP contribution in [0.4, 0.5) is 21.5 Å². The lowest BCUT2D eigenvalue weighted by atomic mass is 10.1. The third-order valence-electron chi connectivity index (χ3n) is 3.32. The van der Waals surface area contributed by atoms with Gasteiger partial charge in [0, 0.05) is 13.6 Å². The van der Waals surface area contributed by atoms with Gasteiger partial charge in [-0.2, -0.15) is 0 Å². The molecule has 1 heterocycles. The molecule has 1 aliphatic heterocycles. The molecule has 3 N–H and O–H groups in total. The molecule has 0 unspecified atom stereocenters. The van der Waals surface area contributed by atoms with E-state index in [-0.39, 0.29) is 22.6 Å². The van der Waals surface area contributed by atoms with Gasteiger partial charge in [0.1, 0.15) is 17.2 Å². The minimum Gasteiger partial charge on any atom is -0.383 e. The minimum absolute atomic E-state index is 0.0236. The molecule has 2 aromatic carbocycles. The summed E-state index contributed by atoms with van der Waals surface area (Å²) in [5.74, 6) is -1.07. The van der Waals surface area contributed by atoms with Gasteiger partial charge in [-0.1, -0.05) is 6.07 Å². The molecule has 1 amide bonds. The molecule has 2 aromatic rings. The fraction of sp³-hybridized carbons (Fsp3) is 0.154. The first kappa shape index (κ1) is 12.3. The zero-order chi connectivity index (χ0) is 14.4. The Balaban J connectivity index is 2.11. The summed E-state index contributed by atoms with van der Waals surface area (Å²) in [6.45, 7) is 0.313. The maximum Gasteiger partial charge on any atom is 0.254 e. The highest BCUT2D eigenvalue weighted by Gasteiger charge is 2.28. The zero-order valence-electron chi connectivity index (χ0n) is 10.5. The Labute approximate surface area is 112 Å². The monoisotopic (exact) mass is 275 g/mol. The molecule has 0 atom stereocenters. The van der Waals surface area contributed by atoms with E-state index in [1.54, 1.807) is 0 Å². The summed E-state index contributed by atoms with van der Waals surface area (Å²) in [5, 5.41) is 7.72. The molecule has 6 nitrogen and oxygen atoms in total. The summed E-state index contributed by atoms with van der Waals surface area (Å²) in [5.41, 5.74) is -0.600. The maximum absolute atomic E-state index is 13.9. The Morgan fingerprint density at radius 1 is 1.10 bits per heavy atom.